The number of piperidine rings is 1. The molecule has 2 aliphatic rings. The van der Waals surface area contributed by atoms with Crippen molar-refractivity contribution in [3.63, 3.8) is 0 Å². The molecule has 118 valence electrons. The summed E-state index contributed by atoms with van der Waals surface area (Å²) in [5.41, 5.74) is 0. The Bertz CT molecular complexity index is 305. The largest absolute Gasteiger partial charge is 0.355 e. The van der Waals surface area contributed by atoms with Crippen molar-refractivity contribution in [1.82, 2.24) is 15.1 Å². The molecule has 1 unspecified atom stereocenters. The van der Waals surface area contributed by atoms with Crippen LogP contribution in [0, 0.1) is 11.8 Å². The van der Waals surface area contributed by atoms with Crippen LogP contribution in [-0.4, -0.2) is 62.6 Å². The third-order valence-electron chi connectivity index (χ3n) is 4.59. The summed E-state index contributed by atoms with van der Waals surface area (Å²) in [6, 6.07) is 0.653. The Hall–Kier alpha value is -0.0400. The summed E-state index contributed by atoms with van der Waals surface area (Å²) in [6.45, 7) is 5.67. The molecule has 1 aliphatic heterocycles. The number of nitrogens with one attached hydrogen (secondary N) is 1. The molecule has 0 radical (unpaired) electrons. The van der Waals surface area contributed by atoms with Gasteiger partial charge in [0.05, 0.1) is 0 Å². The molecule has 0 aromatic rings. The Morgan fingerprint density at radius 2 is 1.85 bits per heavy atom. The van der Waals surface area contributed by atoms with Gasteiger partial charge in [-0.15, -0.1) is 24.0 Å². The summed E-state index contributed by atoms with van der Waals surface area (Å²) in [6.07, 6.45) is 5.37. The van der Waals surface area contributed by atoms with E-state index in [2.05, 4.69) is 41.1 Å². The van der Waals surface area contributed by atoms with Crippen molar-refractivity contribution in [2.45, 2.75) is 38.6 Å². The van der Waals surface area contributed by atoms with Crippen LogP contribution in [0.5, 0.6) is 0 Å². The van der Waals surface area contributed by atoms with E-state index < -0.39 is 0 Å². The molecule has 20 heavy (non-hydrogen) atoms. The lowest BCUT2D eigenvalue weighted by Gasteiger charge is -2.34. The van der Waals surface area contributed by atoms with Crippen molar-refractivity contribution in [1.29, 1.82) is 0 Å². The molecule has 1 heterocycles. The van der Waals surface area contributed by atoms with Crippen LogP contribution in [0.4, 0.5) is 0 Å². The third-order valence-corrected chi connectivity index (χ3v) is 4.59. The van der Waals surface area contributed by atoms with Crippen LogP contribution in [0.2, 0.25) is 0 Å². The van der Waals surface area contributed by atoms with Crippen LogP contribution in [-0.2, 0) is 0 Å². The van der Waals surface area contributed by atoms with Crippen molar-refractivity contribution in [3.05, 3.63) is 0 Å². The predicted octanol–water partition coefficient (Wildman–Crippen LogP) is 2.25. The highest BCUT2D eigenvalue weighted by molar-refractivity contribution is 14.0. The first kappa shape index (κ1) is 18.0. The standard InChI is InChI=1S/C15H30N4.HI/c1-12-7-9-19(10-8-12)15(16-2)17-11-14(18(3)4)13-5-6-13;/h12-14H,5-11H2,1-4H3,(H,16,17);1H. The van der Waals surface area contributed by atoms with Crippen molar-refractivity contribution in [3.8, 4) is 0 Å². The molecule has 0 aromatic carbocycles. The van der Waals surface area contributed by atoms with Crippen LogP contribution < -0.4 is 5.32 Å². The maximum atomic E-state index is 4.46. The molecule has 5 heteroatoms. The molecule has 1 atom stereocenters. The van der Waals surface area contributed by atoms with E-state index in [1.165, 1.54) is 25.7 Å². The minimum atomic E-state index is 0. The number of guanidine groups is 1. The zero-order valence-corrected chi connectivity index (χ0v) is 15.8. The second-order valence-electron chi connectivity index (χ2n) is 6.47. The predicted molar refractivity (Wildman–Crippen MR) is 96.9 cm³/mol. The second kappa shape index (κ2) is 8.41. The Balaban J connectivity index is 0.00000200. The summed E-state index contributed by atoms with van der Waals surface area (Å²) >= 11 is 0. The summed E-state index contributed by atoms with van der Waals surface area (Å²) in [7, 11) is 6.29. The van der Waals surface area contributed by atoms with Gasteiger partial charge < -0.3 is 15.1 Å². The molecule has 1 saturated carbocycles. The molecule has 1 aliphatic carbocycles. The number of nitrogens with zero attached hydrogens (tertiary/aromatic N) is 3. The number of likely N-dealkylation sites (N-methyl/N-ethyl adjacent to an activating group) is 1. The maximum Gasteiger partial charge on any atom is 0.193 e. The van der Waals surface area contributed by atoms with E-state index in [0.717, 1.165) is 37.4 Å². The molecule has 0 amide bonds. The van der Waals surface area contributed by atoms with Gasteiger partial charge in [-0.2, -0.15) is 0 Å². The fraction of sp³-hybridized carbons (Fsp3) is 0.933. The first-order valence-corrected chi connectivity index (χ1v) is 7.73. The van der Waals surface area contributed by atoms with E-state index in [-0.39, 0.29) is 24.0 Å². The van der Waals surface area contributed by atoms with Crippen molar-refractivity contribution >= 4 is 29.9 Å². The van der Waals surface area contributed by atoms with Gasteiger partial charge in [-0.25, -0.2) is 0 Å². The summed E-state index contributed by atoms with van der Waals surface area (Å²) in [5, 5.41) is 3.59. The van der Waals surface area contributed by atoms with E-state index in [9.17, 15) is 0 Å². The van der Waals surface area contributed by atoms with Gasteiger partial charge in [-0.3, -0.25) is 4.99 Å². The average molecular weight is 394 g/mol. The van der Waals surface area contributed by atoms with E-state index in [4.69, 9.17) is 0 Å². The van der Waals surface area contributed by atoms with Gasteiger partial charge in [0.15, 0.2) is 5.96 Å². The Kier molecular flexibility index (Phi) is 7.58. The van der Waals surface area contributed by atoms with Crippen molar-refractivity contribution in [2.24, 2.45) is 16.8 Å². The zero-order valence-electron chi connectivity index (χ0n) is 13.4. The molecule has 0 spiro atoms. The first-order chi connectivity index (χ1) is 9.11. The minimum Gasteiger partial charge on any atom is -0.355 e. The van der Waals surface area contributed by atoms with Crippen molar-refractivity contribution < 1.29 is 0 Å². The quantitative estimate of drug-likeness (QED) is 0.451. The number of rotatable bonds is 4. The highest BCUT2D eigenvalue weighted by Crippen LogP contribution is 2.34. The highest BCUT2D eigenvalue weighted by Gasteiger charge is 2.32. The topological polar surface area (TPSA) is 30.9 Å². The molecule has 0 aromatic heterocycles. The summed E-state index contributed by atoms with van der Waals surface area (Å²) in [4.78, 5) is 9.23. The van der Waals surface area contributed by atoms with E-state index >= 15 is 0 Å². The van der Waals surface area contributed by atoms with Crippen LogP contribution in [0.25, 0.3) is 0 Å². The number of hydrogen-bond donors (Lipinski definition) is 1. The molecule has 2 fully saturated rings. The van der Waals surface area contributed by atoms with Crippen molar-refractivity contribution in [2.75, 3.05) is 40.8 Å². The maximum absolute atomic E-state index is 4.46. The Labute approximate surface area is 141 Å². The van der Waals surface area contributed by atoms with E-state index in [1.54, 1.807) is 0 Å². The number of hydrogen-bond acceptors (Lipinski definition) is 2. The van der Waals surface area contributed by atoms with Crippen LogP contribution in [0.1, 0.15) is 32.6 Å². The van der Waals surface area contributed by atoms with Gasteiger partial charge in [0.25, 0.3) is 0 Å². The second-order valence-corrected chi connectivity index (χ2v) is 6.47. The third kappa shape index (κ3) is 5.06. The van der Waals surface area contributed by atoms with Gasteiger partial charge >= 0.3 is 0 Å². The minimum absolute atomic E-state index is 0. The summed E-state index contributed by atoms with van der Waals surface area (Å²) < 4.78 is 0. The van der Waals surface area contributed by atoms with Gasteiger partial charge in [0.2, 0.25) is 0 Å². The number of halogens is 1. The van der Waals surface area contributed by atoms with E-state index in [1.807, 2.05) is 7.05 Å². The lowest BCUT2D eigenvalue weighted by Crippen LogP contribution is -2.49. The number of aliphatic imine (C=N–C) groups is 1. The first-order valence-electron chi connectivity index (χ1n) is 7.73. The zero-order chi connectivity index (χ0) is 13.8. The SMILES string of the molecule is CN=C(NCC(C1CC1)N(C)C)N1CCC(C)CC1.I. The van der Waals surface area contributed by atoms with Gasteiger partial charge in [0.1, 0.15) is 0 Å². The van der Waals surface area contributed by atoms with Crippen LogP contribution in [0.15, 0.2) is 4.99 Å². The lowest BCUT2D eigenvalue weighted by molar-refractivity contribution is 0.250. The lowest BCUT2D eigenvalue weighted by atomic mass is 9.99. The highest BCUT2D eigenvalue weighted by atomic mass is 127. The van der Waals surface area contributed by atoms with Gasteiger partial charge in [0, 0.05) is 32.7 Å². The molecular formula is C15H31IN4. The smallest absolute Gasteiger partial charge is 0.193 e. The normalized spacial score (nSPS) is 22.6. The fourth-order valence-corrected chi connectivity index (χ4v) is 3.00. The molecule has 0 bridgehead atoms. The molecule has 4 nitrogen and oxygen atoms in total. The average Bonchev–Trinajstić information content (AvgIpc) is 3.20. The number of likely N-dealkylation sites (tertiary alicyclic amines) is 1. The Morgan fingerprint density at radius 1 is 1.25 bits per heavy atom. The van der Waals surface area contributed by atoms with Crippen LogP contribution >= 0.6 is 24.0 Å². The van der Waals surface area contributed by atoms with Gasteiger partial charge in [-0.1, -0.05) is 6.92 Å². The molecule has 1 saturated heterocycles. The monoisotopic (exact) mass is 394 g/mol. The van der Waals surface area contributed by atoms with Gasteiger partial charge in [-0.05, 0) is 51.6 Å². The molecular weight excluding hydrogens is 363 g/mol. The Morgan fingerprint density at radius 3 is 2.30 bits per heavy atom. The summed E-state index contributed by atoms with van der Waals surface area (Å²) in [5.74, 6) is 2.86. The molecule has 2 rings (SSSR count). The van der Waals surface area contributed by atoms with Crippen LogP contribution in [0.3, 0.4) is 0 Å². The van der Waals surface area contributed by atoms with E-state index in [0.29, 0.717) is 6.04 Å². The fourth-order valence-electron chi connectivity index (χ4n) is 3.00. The molecule has 1 N–H and O–H groups in total.